The molecule has 0 radical (unpaired) electrons. The van der Waals surface area contributed by atoms with Gasteiger partial charge in [-0.3, -0.25) is 0 Å². The fourth-order valence-electron chi connectivity index (χ4n) is 2.56. The zero-order valence-corrected chi connectivity index (χ0v) is 13.9. The molecular formula is C17H9ClF3O3S-. The molecule has 0 fully saturated rings. The van der Waals surface area contributed by atoms with Gasteiger partial charge in [0.05, 0.1) is 10.5 Å². The number of rotatable bonds is 2. The van der Waals surface area contributed by atoms with Gasteiger partial charge in [0.15, 0.2) is 0 Å². The molecule has 0 saturated carbocycles. The number of benzene rings is 3. The molecule has 0 aliphatic carbocycles. The van der Waals surface area contributed by atoms with E-state index in [0.717, 1.165) is 18.2 Å². The summed E-state index contributed by atoms with van der Waals surface area (Å²) in [5.74, 6) is 0. The molecule has 0 unspecified atom stereocenters. The minimum atomic E-state index is -4.60. The van der Waals surface area contributed by atoms with Gasteiger partial charge in [0.1, 0.15) is 10.1 Å². The molecule has 25 heavy (non-hydrogen) atoms. The maximum Gasteiger partial charge on any atom is 0.416 e. The molecule has 3 aromatic carbocycles. The van der Waals surface area contributed by atoms with Crippen molar-refractivity contribution in [1.29, 1.82) is 0 Å². The van der Waals surface area contributed by atoms with Crippen LogP contribution in [0.5, 0.6) is 0 Å². The van der Waals surface area contributed by atoms with Crippen LogP contribution in [0.15, 0.2) is 59.5 Å². The smallest absolute Gasteiger partial charge is 0.416 e. The molecule has 0 atom stereocenters. The quantitative estimate of drug-likeness (QED) is 0.578. The van der Waals surface area contributed by atoms with E-state index in [1.165, 1.54) is 18.2 Å². The summed E-state index contributed by atoms with van der Waals surface area (Å²) in [4.78, 5) is -0.379. The van der Waals surface area contributed by atoms with Gasteiger partial charge in [0.25, 0.3) is 0 Å². The Kier molecular flexibility index (Phi) is 4.26. The van der Waals surface area contributed by atoms with E-state index in [-0.39, 0.29) is 9.92 Å². The van der Waals surface area contributed by atoms with Crippen LogP contribution in [0.1, 0.15) is 5.56 Å². The molecule has 3 rings (SSSR count). The van der Waals surface area contributed by atoms with Gasteiger partial charge in [-0.15, -0.1) is 0 Å². The molecule has 0 N–H and O–H groups in total. The number of halogens is 4. The summed E-state index contributed by atoms with van der Waals surface area (Å²) in [6, 6.07) is 11.7. The normalized spacial score (nSPS) is 12.5. The Morgan fingerprint density at radius 2 is 1.64 bits per heavy atom. The van der Waals surface area contributed by atoms with Crippen LogP contribution in [0.3, 0.4) is 0 Å². The van der Waals surface area contributed by atoms with Crippen LogP contribution < -0.4 is 0 Å². The maximum atomic E-state index is 12.8. The molecule has 0 spiro atoms. The summed E-state index contributed by atoms with van der Waals surface area (Å²) in [6.45, 7) is 0. The predicted molar refractivity (Wildman–Crippen MR) is 87.4 cm³/mol. The lowest BCUT2D eigenvalue weighted by molar-refractivity contribution is -0.137. The van der Waals surface area contributed by atoms with Crippen molar-refractivity contribution in [1.82, 2.24) is 0 Å². The summed E-state index contributed by atoms with van der Waals surface area (Å²) in [6.07, 6.45) is -4.50. The van der Waals surface area contributed by atoms with Crippen molar-refractivity contribution in [2.75, 3.05) is 0 Å². The third-order valence-corrected chi connectivity index (χ3v) is 4.87. The van der Waals surface area contributed by atoms with E-state index in [4.69, 9.17) is 11.6 Å². The van der Waals surface area contributed by atoms with E-state index in [0.29, 0.717) is 21.9 Å². The van der Waals surface area contributed by atoms with Crippen LogP contribution in [-0.2, 0) is 16.3 Å². The summed E-state index contributed by atoms with van der Waals surface area (Å²) < 4.78 is 71.7. The van der Waals surface area contributed by atoms with Crippen LogP contribution >= 0.6 is 11.6 Å². The lowest BCUT2D eigenvalue weighted by atomic mass is 9.97. The molecule has 3 aromatic rings. The molecule has 0 aliphatic rings. The molecular weight excluding hydrogens is 377 g/mol. The van der Waals surface area contributed by atoms with Crippen molar-refractivity contribution in [3.05, 3.63) is 65.2 Å². The average molecular weight is 386 g/mol. The molecule has 0 amide bonds. The highest BCUT2D eigenvalue weighted by Gasteiger charge is 2.31. The van der Waals surface area contributed by atoms with Crippen molar-refractivity contribution in [2.45, 2.75) is 11.1 Å². The van der Waals surface area contributed by atoms with Gasteiger partial charge >= 0.3 is 6.18 Å². The van der Waals surface area contributed by atoms with Crippen molar-refractivity contribution in [3.63, 3.8) is 0 Å². The Morgan fingerprint density at radius 1 is 0.920 bits per heavy atom. The SMILES string of the molecule is O=S(=O)([O-])c1ccc2c(-c3ccc(C(F)(F)F)cc3Cl)cccc2c1. The lowest BCUT2D eigenvalue weighted by Crippen LogP contribution is -2.04. The van der Waals surface area contributed by atoms with Gasteiger partial charge in [-0.05, 0) is 40.6 Å². The van der Waals surface area contributed by atoms with Gasteiger partial charge in [-0.2, -0.15) is 13.2 Å². The second-order valence-corrected chi connectivity index (χ2v) is 7.12. The van der Waals surface area contributed by atoms with Crippen LogP contribution in [0, 0.1) is 0 Å². The van der Waals surface area contributed by atoms with Gasteiger partial charge in [0.2, 0.25) is 0 Å². The molecule has 8 heteroatoms. The molecule has 130 valence electrons. The minimum absolute atomic E-state index is 0.0807. The number of hydrogen-bond acceptors (Lipinski definition) is 3. The van der Waals surface area contributed by atoms with Crippen molar-refractivity contribution < 1.29 is 26.1 Å². The zero-order valence-electron chi connectivity index (χ0n) is 12.3. The largest absolute Gasteiger partial charge is 0.744 e. The van der Waals surface area contributed by atoms with Crippen molar-refractivity contribution >= 4 is 32.5 Å². The highest BCUT2D eigenvalue weighted by molar-refractivity contribution is 7.85. The first kappa shape index (κ1) is 17.7. The summed E-state index contributed by atoms with van der Waals surface area (Å²) >= 11 is 6.03. The van der Waals surface area contributed by atoms with Crippen LogP contribution in [0.25, 0.3) is 21.9 Å². The van der Waals surface area contributed by atoms with Crippen LogP contribution in [-0.4, -0.2) is 13.0 Å². The minimum Gasteiger partial charge on any atom is -0.744 e. The van der Waals surface area contributed by atoms with Crippen LogP contribution in [0.4, 0.5) is 13.2 Å². The van der Waals surface area contributed by atoms with E-state index < -0.39 is 21.9 Å². The molecule has 3 nitrogen and oxygen atoms in total. The van der Waals surface area contributed by atoms with Gasteiger partial charge in [0, 0.05) is 10.6 Å². The number of fused-ring (bicyclic) bond motifs is 1. The number of alkyl halides is 3. The fourth-order valence-corrected chi connectivity index (χ4v) is 3.35. The van der Waals surface area contributed by atoms with E-state index in [2.05, 4.69) is 0 Å². The molecule has 0 bridgehead atoms. The molecule has 0 aliphatic heterocycles. The average Bonchev–Trinajstić information content (AvgIpc) is 2.52. The topological polar surface area (TPSA) is 57.2 Å². The Balaban J connectivity index is 2.20. The van der Waals surface area contributed by atoms with Gasteiger partial charge in [-0.25, -0.2) is 8.42 Å². The van der Waals surface area contributed by atoms with Crippen molar-refractivity contribution in [3.8, 4) is 11.1 Å². The predicted octanol–water partition coefficient (Wildman–Crippen LogP) is 5.08. The number of hydrogen-bond donors (Lipinski definition) is 0. The highest BCUT2D eigenvalue weighted by atomic mass is 35.5. The summed E-state index contributed by atoms with van der Waals surface area (Å²) in [7, 11) is -4.60. The molecule has 0 heterocycles. The Hall–Kier alpha value is -2.09. The first-order valence-corrected chi connectivity index (χ1v) is 8.72. The second kappa shape index (κ2) is 6.01. The van der Waals surface area contributed by atoms with E-state index >= 15 is 0 Å². The third kappa shape index (κ3) is 3.49. The molecule has 0 aromatic heterocycles. The zero-order chi connectivity index (χ0) is 18.4. The first-order valence-electron chi connectivity index (χ1n) is 6.93. The fraction of sp³-hybridized carbons (Fsp3) is 0.0588. The van der Waals surface area contributed by atoms with Crippen LogP contribution in [0.2, 0.25) is 5.02 Å². The van der Waals surface area contributed by atoms with E-state index in [9.17, 15) is 26.1 Å². The Morgan fingerprint density at radius 3 is 2.24 bits per heavy atom. The Bertz CT molecular complexity index is 1080. The van der Waals surface area contributed by atoms with Gasteiger partial charge in [-0.1, -0.05) is 41.9 Å². The first-order chi connectivity index (χ1) is 11.6. The second-order valence-electron chi connectivity index (χ2n) is 5.34. The summed E-state index contributed by atoms with van der Waals surface area (Å²) in [5.41, 5.74) is 0.0466. The lowest BCUT2D eigenvalue weighted by Gasteiger charge is -2.13. The Labute approximate surface area is 146 Å². The van der Waals surface area contributed by atoms with Gasteiger partial charge < -0.3 is 4.55 Å². The monoisotopic (exact) mass is 385 g/mol. The standard InChI is InChI=1S/C17H10ClF3O3S/c18-16-9-11(17(19,20)21)4-6-15(16)14-3-1-2-10-8-12(25(22,23)24)5-7-13(10)14/h1-9H,(H,22,23,24)/p-1. The maximum absolute atomic E-state index is 12.8. The van der Waals surface area contributed by atoms with Crippen molar-refractivity contribution in [2.24, 2.45) is 0 Å². The van der Waals surface area contributed by atoms with E-state index in [1.807, 2.05) is 0 Å². The highest BCUT2D eigenvalue weighted by Crippen LogP contribution is 2.38. The third-order valence-electron chi connectivity index (χ3n) is 3.73. The summed E-state index contributed by atoms with van der Waals surface area (Å²) in [5, 5.41) is 0.949. The van der Waals surface area contributed by atoms with E-state index in [1.54, 1.807) is 18.2 Å². The molecule has 0 saturated heterocycles.